The van der Waals surface area contributed by atoms with E-state index < -0.39 is 23.5 Å². The van der Waals surface area contributed by atoms with Gasteiger partial charge in [-0.25, -0.2) is 4.79 Å². The number of nitrogens with one attached hydrogen (secondary N) is 1. The van der Waals surface area contributed by atoms with E-state index in [0.29, 0.717) is 30.1 Å². The van der Waals surface area contributed by atoms with Crippen LogP contribution >= 0.6 is 0 Å². The molecule has 1 aromatic rings. The van der Waals surface area contributed by atoms with Gasteiger partial charge in [0, 0.05) is 5.56 Å². The van der Waals surface area contributed by atoms with E-state index in [2.05, 4.69) is 12.2 Å². The molecule has 0 heterocycles. The Morgan fingerprint density at radius 3 is 2.48 bits per heavy atom. The molecular weight excluding hydrogens is 322 g/mol. The Hall–Kier alpha value is -2.37. The molecule has 1 aliphatic rings. The molecule has 1 amide bonds. The smallest absolute Gasteiger partial charge is 0.329 e. The quantitative estimate of drug-likeness (QED) is 0.772. The Morgan fingerprint density at radius 1 is 1.28 bits per heavy atom. The fourth-order valence-corrected chi connectivity index (χ4v) is 3.03. The number of hydrogen-bond donors (Lipinski definition) is 2. The van der Waals surface area contributed by atoms with Crippen LogP contribution in [0.5, 0.6) is 5.75 Å². The zero-order valence-electron chi connectivity index (χ0n) is 14.9. The van der Waals surface area contributed by atoms with Crippen LogP contribution in [0.3, 0.4) is 0 Å². The standard InChI is InChI=1S/C19H25NO5/c1-12-7-9-19(10-8-12,18(23)24)20-17(22)14(3)25-16-6-4-5-15(11-16)13(2)21/h4-6,11-12,14H,7-10H2,1-3H3,(H,20,22)(H,23,24). The lowest BCUT2D eigenvalue weighted by Crippen LogP contribution is -2.58. The second-order valence-electron chi connectivity index (χ2n) is 6.90. The first kappa shape index (κ1) is 19.0. The molecular formula is C19H25NO5. The average molecular weight is 347 g/mol. The fourth-order valence-electron chi connectivity index (χ4n) is 3.03. The van der Waals surface area contributed by atoms with Crippen LogP contribution in [0, 0.1) is 5.92 Å². The number of ether oxygens (including phenoxy) is 1. The first-order chi connectivity index (χ1) is 11.7. The van der Waals surface area contributed by atoms with Crippen molar-refractivity contribution >= 4 is 17.7 Å². The van der Waals surface area contributed by atoms with Gasteiger partial charge in [-0.3, -0.25) is 9.59 Å². The maximum Gasteiger partial charge on any atom is 0.329 e. The molecule has 1 fully saturated rings. The molecule has 0 bridgehead atoms. The molecule has 136 valence electrons. The number of amides is 1. The second-order valence-corrected chi connectivity index (χ2v) is 6.90. The molecule has 1 unspecified atom stereocenters. The van der Waals surface area contributed by atoms with E-state index in [1.165, 1.54) is 6.92 Å². The number of aliphatic carboxylic acids is 1. The minimum Gasteiger partial charge on any atom is -0.481 e. The molecule has 0 aromatic heterocycles. The Labute approximate surface area is 147 Å². The highest BCUT2D eigenvalue weighted by Crippen LogP contribution is 2.32. The molecule has 2 N–H and O–H groups in total. The summed E-state index contributed by atoms with van der Waals surface area (Å²) in [5.74, 6) is -0.697. The van der Waals surface area contributed by atoms with Crippen molar-refractivity contribution in [1.29, 1.82) is 0 Å². The Morgan fingerprint density at radius 2 is 1.92 bits per heavy atom. The SMILES string of the molecule is CC(=O)c1cccc(OC(C)C(=O)NC2(C(=O)O)CCC(C)CC2)c1. The van der Waals surface area contributed by atoms with Crippen LogP contribution < -0.4 is 10.1 Å². The highest BCUT2D eigenvalue weighted by Gasteiger charge is 2.43. The van der Waals surface area contributed by atoms with Gasteiger partial charge in [0.2, 0.25) is 0 Å². The third-order valence-corrected chi connectivity index (χ3v) is 4.82. The third-order valence-electron chi connectivity index (χ3n) is 4.82. The first-order valence-electron chi connectivity index (χ1n) is 8.56. The highest BCUT2D eigenvalue weighted by molar-refractivity contribution is 5.94. The van der Waals surface area contributed by atoms with Crippen molar-refractivity contribution in [2.75, 3.05) is 0 Å². The molecule has 0 radical (unpaired) electrons. The third kappa shape index (κ3) is 4.59. The number of hydrogen-bond acceptors (Lipinski definition) is 4. The minimum absolute atomic E-state index is 0.0938. The van der Waals surface area contributed by atoms with E-state index in [-0.39, 0.29) is 5.78 Å². The zero-order chi connectivity index (χ0) is 18.6. The van der Waals surface area contributed by atoms with Crippen LogP contribution in [0.25, 0.3) is 0 Å². The van der Waals surface area contributed by atoms with Gasteiger partial charge in [0.15, 0.2) is 11.9 Å². The molecule has 25 heavy (non-hydrogen) atoms. The van der Waals surface area contributed by atoms with Crippen LogP contribution in [0.15, 0.2) is 24.3 Å². The van der Waals surface area contributed by atoms with E-state index in [1.54, 1.807) is 31.2 Å². The molecule has 6 nitrogen and oxygen atoms in total. The normalized spacial score (nSPS) is 24.2. The number of rotatable bonds is 6. The average Bonchev–Trinajstić information content (AvgIpc) is 2.57. The lowest BCUT2D eigenvalue weighted by Gasteiger charge is -2.37. The number of carboxylic acids is 1. The maximum absolute atomic E-state index is 12.5. The number of Topliss-reactive ketones (excluding diaryl/α,β-unsaturated/α-hetero) is 1. The van der Waals surface area contributed by atoms with Crippen LogP contribution in [-0.4, -0.2) is 34.4 Å². The van der Waals surface area contributed by atoms with Crippen molar-refractivity contribution in [3.05, 3.63) is 29.8 Å². The van der Waals surface area contributed by atoms with Crippen molar-refractivity contribution in [2.45, 2.75) is 58.1 Å². The van der Waals surface area contributed by atoms with Crippen molar-refractivity contribution in [1.82, 2.24) is 5.32 Å². The van der Waals surface area contributed by atoms with Crippen LogP contribution in [0.4, 0.5) is 0 Å². The molecule has 0 spiro atoms. The lowest BCUT2D eigenvalue weighted by atomic mass is 9.77. The molecule has 1 atom stereocenters. The summed E-state index contributed by atoms with van der Waals surface area (Å²) < 4.78 is 5.60. The monoisotopic (exact) mass is 347 g/mol. The van der Waals surface area contributed by atoms with Gasteiger partial charge in [-0.15, -0.1) is 0 Å². The van der Waals surface area contributed by atoms with Gasteiger partial charge in [-0.2, -0.15) is 0 Å². The number of carbonyl (C=O) groups is 3. The van der Waals surface area contributed by atoms with Crippen LogP contribution in [-0.2, 0) is 9.59 Å². The van der Waals surface area contributed by atoms with Gasteiger partial charge >= 0.3 is 5.97 Å². The van der Waals surface area contributed by atoms with E-state index in [4.69, 9.17) is 4.74 Å². The highest BCUT2D eigenvalue weighted by atomic mass is 16.5. The Balaban J connectivity index is 2.05. The summed E-state index contributed by atoms with van der Waals surface area (Å²) in [6.45, 7) is 5.11. The molecule has 0 saturated heterocycles. The van der Waals surface area contributed by atoms with Crippen LogP contribution in [0.2, 0.25) is 0 Å². The summed E-state index contributed by atoms with van der Waals surface area (Å²) in [6, 6.07) is 6.58. The Bertz CT molecular complexity index is 662. The van der Waals surface area contributed by atoms with E-state index in [0.717, 1.165) is 12.8 Å². The number of carbonyl (C=O) groups excluding carboxylic acids is 2. The second kappa shape index (κ2) is 7.68. The summed E-state index contributed by atoms with van der Waals surface area (Å²) >= 11 is 0. The molecule has 1 aromatic carbocycles. The summed E-state index contributed by atoms with van der Waals surface area (Å²) in [6.07, 6.45) is 1.51. The van der Waals surface area contributed by atoms with E-state index in [9.17, 15) is 19.5 Å². The van der Waals surface area contributed by atoms with Crippen molar-refractivity contribution in [3.8, 4) is 5.75 Å². The zero-order valence-corrected chi connectivity index (χ0v) is 14.9. The predicted molar refractivity (Wildman–Crippen MR) is 92.7 cm³/mol. The maximum atomic E-state index is 12.5. The fraction of sp³-hybridized carbons (Fsp3) is 0.526. The van der Waals surface area contributed by atoms with E-state index >= 15 is 0 Å². The van der Waals surface area contributed by atoms with Crippen molar-refractivity contribution in [2.24, 2.45) is 5.92 Å². The lowest BCUT2D eigenvalue weighted by molar-refractivity contribution is -0.150. The molecule has 2 rings (SSSR count). The van der Waals surface area contributed by atoms with E-state index in [1.807, 2.05) is 0 Å². The van der Waals surface area contributed by atoms with Gasteiger partial charge in [0.25, 0.3) is 5.91 Å². The molecule has 6 heteroatoms. The molecule has 1 aliphatic carbocycles. The summed E-state index contributed by atoms with van der Waals surface area (Å²) in [5, 5.41) is 12.3. The van der Waals surface area contributed by atoms with Gasteiger partial charge in [-0.05, 0) is 57.6 Å². The first-order valence-corrected chi connectivity index (χ1v) is 8.56. The number of benzene rings is 1. The molecule has 0 aliphatic heterocycles. The van der Waals surface area contributed by atoms with Crippen LogP contribution in [0.1, 0.15) is 56.8 Å². The van der Waals surface area contributed by atoms with Gasteiger partial charge in [0.05, 0.1) is 0 Å². The van der Waals surface area contributed by atoms with Gasteiger partial charge < -0.3 is 15.2 Å². The Kier molecular flexibility index (Phi) is 5.82. The topological polar surface area (TPSA) is 92.7 Å². The van der Waals surface area contributed by atoms with Gasteiger partial charge in [-0.1, -0.05) is 19.1 Å². The predicted octanol–water partition coefficient (Wildman–Crippen LogP) is 2.81. The van der Waals surface area contributed by atoms with Gasteiger partial charge in [0.1, 0.15) is 11.3 Å². The minimum atomic E-state index is -1.22. The summed E-state index contributed by atoms with van der Waals surface area (Å²) in [5.41, 5.74) is -0.726. The van der Waals surface area contributed by atoms with Crippen molar-refractivity contribution < 1.29 is 24.2 Å². The number of ketones is 1. The summed E-state index contributed by atoms with van der Waals surface area (Å²) in [4.78, 5) is 35.6. The summed E-state index contributed by atoms with van der Waals surface area (Å²) in [7, 11) is 0. The molecule has 1 saturated carbocycles. The van der Waals surface area contributed by atoms with Crippen molar-refractivity contribution in [3.63, 3.8) is 0 Å². The number of carboxylic acid groups (broad SMARTS) is 1. The largest absolute Gasteiger partial charge is 0.481 e.